The van der Waals surface area contributed by atoms with E-state index < -0.39 is 0 Å². The van der Waals surface area contributed by atoms with Crippen LogP contribution in [0.3, 0.4) is 0 Å². The van der Waals surface area contributed by atoms with Crippen molar-refractivity contribution in [3.63, 3.8) is 0 Å². The molecule has 1 heterocycles. The van der Waals surface area contributed by atoms with E-state index in [2.05, 4.69) is 61.2 Å². The first kappa shape index (κ1) is 12.8. The van der Waals surface area contributed by atoms with Crippen molar-refractivity contribution in [3.8, 4) is 0 Å². The van der Waals surface area contributed by atoms with Crippen LogP contribution in [0.25, 0.3) is 0 Å². The van der Waals surface area contributed by atoms with Crippen molar-refractivity contribution in [3.05, 3.63) is 58.6 Å². The van der Waals surface area contributed by atoms with Crippen molar-refractivity contribution in [2.24, 2.45) is 17.8 Å². The molecule has 1 aliphatic heterocycles. The van der Waals surface area contributed by atoms with E-state index in [-0.39, 0.29) is 0 Å². The molecule has 20 heavy (non-hydrogen) atoms. The summed E-state index contributed by atoms with van der Waals surface area (Å²) in [6.07, 6.45) is 21.7. The summed E-state index contributed by atoms with van der Waals surface area (Å²) < 4.78 is 0. The zero-order valence-corrected chi connectivity index (χ0v) is 12.9. The lowest BCUT2D eigenvalue weighted by Gasteiger charge is -2.35. The highest BCUT2D eigenvalue weighted by Crippen LogP contribution is 2.52. The summed E-state index contributed by atoms with van der Waals surface area (Å²) in [6.45, 7) is 2.46. The van der Waals surface area contributed by atoms with Crippen LogP contribution in [0, 0.1) is 17.8 Å². The molecule has 4 rings (SSSR count). The Morgan fingerprint density at radius 1 is 1.20 bits per heavy atom. The maximum Gasteiger partial charge on any atom is 0.0347 e. The van der Waals surface area contributed by atoms with Gasteiger partial charge in [-0.1, -0.05) is 49.5 Å². The van der Waals surface area contributed by atoms with Crippen LogP contribution in [0.15, 0.2) is 58.6 Å². The van der Waals surface area contributed by atoms with Gasteiger partial charge >= 0.3 is 0 Å². The Bertz CT molecular complexity index is 558. The summed E-state index contributed by atoms with van der Waals surface area (Å²) in [5.74, 6) is 2.25. The largest absolute Gasteiger partial charge is 0.122 e. The first-order valence-electron chi connectivity index (χ1n) is 7.94. The average Bonchev–Trinajstić information content (AvgIpc) is 2.84. The molecule has 0 aromatic heterocycles. The number of allylic oxidation sites excluding steroid dienone is 9. The smallest absolute Gasteiger partial charge is 0.0347 e. The van der Waals surface area contributed by atoms with Crippen LogP contribution < -0.4 is 0 Å². The van der Waals surface area contributed by atoms with Crippen LogP contribution in [0.2, 0.25) is 0 Å². The fraction of sp³-hybridized carbons (Fsp3) is 0.474. The maximum absolute atomic E-state index is 2.64. The quantitative estimate of drug-likeness (QED) is 0.618. The van der Waals surface area contributed by atoms with Gasteiger partial charge in [-0.05, 0) is 59.5 Å². The van der Waals surface area contributed by atoms with Gasteiger partial charge in [0.1, 0.15) is 0 Å². The fourth-order valence-electron chi connectivity index (χ4n) is 4.10. The molecule has 3 aliphatic carbocycles. The minimum absolute atomic E-state index is 0.714. The monoisotopic (exact) mass is 282 g/mol. The van der Waals surface area contributed by atoms with Crippen LogP contribution in [-0.2, 0) is 0 Å². The second-order valence-corrected chi connectivity index (χ2v) is 7.81. The maximum atomic E-state index is 2.64. The molecule has 0 nitrogen and oxygen atoms in total. The number of hydrogen-bond donors (Lipinski definition) is 0. The zero-order chi connectivity index (χ0) is 13.5. The molecule has 0 aromatic rings. The van der Waals surface area contributed by atoms with E-state index in [1.54, 1.807) is 16.1 Å². The molecule has 0 N–H and O–H groups in total. The topological polar surface area (TPSA) is 0 Å². The van der Waals surface area contributed by atoms with E-state index in [1.807, 2.05) is 0 Å². The van der Waals surface area contributed by atoms with Gasteiger partial charge in [0.25, 0.3) is 0 Å². The highest BCUT2D eigenvalue weighted by molar-refractivity contribution is 8.04. The van der Waals surface area contributed by atoms with Crippen molar-refractivity contribution in [1.29, 1.82) is 0 Å². The van der Waals surface area contributed by atoms with Gasteiger partial charge in [-0.25, -0.2) is 0 Å². The molecule has 4 atom stereocenters. The van der Waals surface area contributed by atoms with E-state index in [0.29, 0.717) is 5.92 Å². The number of rotatable bonds is 1. The second-order valence-electron chi connectivity index (χ2n) is 6.51. The van der Waals surface area contributed by atoms with E-state index in [4.69, 9.17) is 0 Å². The van der Waals surface area contributed by atoms with Crippen LogP contribution in [0.5, 0.6) is 0 Å². The van der Waals surface area contributed by atoms with E-state index in [0.717, 1.165) is 17.1 Å². The predicted octanol–water partition coefficient (Wildman–Crippen LogP) is 5.42. The van der Waals surface area contributed by atoms with Gasteiger partial charge in [-0.2, -0.15) is 0 Å². The summed E-state index contributed by atoms with van der Waals surface area (Å²) in [5, 5.41) is 0.747. The predicted molar refractivity (Wildman–Crippen MR) is 88.5 cm³/mol. The van der Waals surface area contributed by atoms with Gasteiger partial charge in [0.15, 0.2) is 0 Å². The zero-order valence-electron chi connectivity index (χ0n) is 12.1. The highest BCUT2D eigenvalue weighted by atomic mass is 32.2. The third-order valence-corrected chi connectivity index (χ3v) is 6.63. The molecule has 0 saturated heterocycles. The Morgan fingerprint density at radius 2 is 2.15 bits per heavy atom. The lowest BCUT2D eigenvalue weighted by atomic mass is 9.71. The Balaban J connectivity index is 1.67. The standard InChI is InChI=1S/C19H22S/c1-13-11-19-17(15-9-5-6-10-18(15)20-19)12-16(13)14-7-3-2-4-8-14/h2-5,7,9,12-14,16,19H,6,8,10-11H2,1H3. The van der Waals surface area contributed by atoms with Gasteiger partial charge < -0.3 is 0 Å². The lowest BCUT2D eigenvalue weighted by Crippen LogP contribution is -2.27. The molecule has 0 aromatic carbocycles. The molecule has 0 spiro atoms. The molecule has 0 amide bonds. The van der Waals surface area contributed by atoms with E-state index in [9.17, 15) is 0 Å². The first-order chi connectivity index (χ1) is 9.83. The van der Waals surface area contributed by atoms with Crippen LogP contribution in [-0.4, -0.2) is 5.25 Å². The molecule has 4 aliphatic rings. The number of hydrogen-bond acceptors (Lipinski definition) is 1. The first-order valence-corrected chi connectivity index (χ1v) is 8.82. The van der Waals surface area contributed by atoms with Crippen LogP contribution in [0.4, 0.5) is 0 Å². The number of thioether (sulfide) groups is 1. The summed E-state index contributed by atoms with van der Waals surface area (Å²) in [6, 6.07) is 0. The Labute approximate surface area is 126 Å². The molecular formula is C19H22S. The SMILES string of the molecule is CC1CC2SC3=C(C=CCC3)C2=CC1C1C=CC=CC1. The molecular weight excluding hydrogens is 260 g/mol. The Hall–Kier alpha value is -0.950. The van der Waals surface area contributed by atoms with Gasteiger partial charge in [0, 0.05) is 5.25 Å². The normalized spacial score (nSPS) is 38.8. The van der Waals surface area contributed by atoms with Crippen molar-refractivity contribution in [1.82, 2.24) is 0 Å². The number of fused-ring (bicyclic) bond motifs is 2. The summed E-state index contributed by atoms with van der Waals surface area (Å²) >= 11 is 2.16. The van der Waals surface area contributed by atoms with Gasteiger partial charge in [0.05, 0.1) is 0 Å². The van der Waals surface area contributed by atoms with Crippen LogP contribution in [0.1, 0.15) is 32.6 Å². The average molecular weight is 282 g/mol. The minimum Gasteiger partial charge on any atom is -0.122 e. The Morgan fingerprint density at radius 3 is 3.00 bits per heavy atom. The van der Waals surface area contributed by atoms with Crippen molar-refractivity contribution < 1.29 is 0 Å². The molecule has 0 bridgehead atoms. The third kappa shape index (κ3) is 2.07. The minimum atomic E-state index is 0.714. The summed E-state index contributed by atoms with van der Waals surface area (Å²) in [5.41, 5.74) is 3.24. The van der Waals surface area contributed by atoms with Gasteiger partial charge in [0.2, 0.25) is 0 Å². The molecule has 0 saturated carbocycles. The van der Waals surface area contributed by atoms with Gasteiger partial charge in [-0.15, -0.1) is 11.8 Å². The highest BCUT2D eigenvalue weighted by Gasteiger charge is 2.38. The molecule has 1 heteroatoms. The molecule has 4 unspecified atom stereocenters. The van der Waals surface area contributed by atoms with Crippen molar-refractivity contribution in [2.45, 2.75) is 37.9 Å². The second kappa shape index (κ2) is 5.11. The molecule has 0 fully saturated rings. The summed E-state index contributed by atoms with van der Waals surface area (Å²) in [7, 11) is 0. The lowest BCUT2D eigenvalue weighted by molar-refractivity contribution is 0.312. The van der Waals surface area contributed by atoms with Crippen molar-refractivity contribution in [2.75, 3.05) is 0 Å². The summed E-state index contributed by atoms with van der Waals surface area (Å²) in [4.78, 5) is 1.66. The molecule has 104 valence electrons. The van der Waals surface area contributed by atoms with Crippen LogP contribution >= 0.6 is 11.8 Å². The van der Waals surface area contributed by atoms with E-state index in [1.165, 1.54) is 25.7 Å². The van der Waals surface area contributed by atoms with Crippen molar-refractivity contribution >= 4 is 11.8 Å². The van der Waals surface area contributed by atoms with E-state index >= 15 is 0 Å². The Kier molecular flexibility index (Phi) is 3.26. The molecule has 0 radical (unpaired) electrons. The van der Waals surface area contributed by atoms with Gasteiger partial charge in [-0.3, -0.25) is 0 Å². The fourth-order valence-corrected chi connectivity index (χ4v) is 5.73. The third-order valence-electron chi connectivity index (χ3n) is 5.19.